The van der Waals surface area contributed by atoms with Crippen LogP contribution in [0.5, 0.6) is 0 Å². The molecule has 0 N–H and O–H groups in total. The average molecular weight is 276 g/mol. The van der Waals surface area contributed by atoms with E-state index in [0.717, 1.165) is 10.1 Å². The molecule has 0 unspecified atom stereocenters. The predicted octanol–water partition coefficient (Wildman–Crippen LogP) is 4.20. The van der Waals surface area contributed by atoms with Crippen LogP contribution in [0.1, 0.15) is 22.8 Å². The fraction of sp³-hybridized carbons (Fsp3) is 0.0625. The van der Waals surface area contributed by atoms with E-state index >= 15 is 0 Å². The standard InChI is InChI=1S/C16H8N2OS/c1-3-10-15(13(8-17)18-2)11-6-9-4-5-20-14(9)7-12(11)16(10)19/h3-7H,1H3/b10-3-,15-13+. The molecule has 1 aromatic carbocycles. The maximum Gasteiger partial charge on any atom is 0.270 e. The van der Waals surface area contributed by atoms with Gasteiger partial charge < -0.3 is 0 Å². The van der Waals surface area contributed by atoms with Gasteiger partial charge in [0, 0.05) is 21.4 Å². The Hall–Kier alpha value is -2.69. The molecule has 0 aliphatic heterocycles. The third-order valence-corrected chi connectivity index (χ3v) is 4.24. The Morgan fingerprint density at radius 2 is 2.25 bits per heavy atom. The van der Waals surface area contributed by atoms with Gasteiger partial charge in [-0.3, -0.25) is 4.79 Å². The summed E-state index contributed by atoms with van der Waals surface area (Å²) in [7, 11) is 0. The number of thiophene rings is 1. The van der Waals surface area contributed by atoms with E-state index in [2.05, 4.69) is 4.85 Å². The lowest BCUT2D eigenvalue weighted by atomic mass is 10.0. The van der Waals surface area contributed by atoms with E-state index in [1.807, 2.05) is 29.6 Å². The van der Waals surface area contributed by atoms with Crippen LogP contribution in [0.15, 0.2) is 40.9 Å². The summed E-state index contributed by atoms with van der Waals surface area (Å²) in [4.78, 5) is 15.7. The highest BCUT2D eigenvalue weighted by Gasteiger charge is 2.32. The molecule has 94 valence electrons. The van der Waals surface area contributed by atoms with Crippen molar-refractivity contribution in [2.75, 3.05) is 0 Å². The number of ketones is 1. The molecule has 0 amide bonds. The highest BCUT2D eigenvalue weighted by atomic mass is 32.1. The molecule has 0 atom stereocenters. The number of carbonyl (C=O) groups is 1. The van der Waals surface area contributed by atoms with Gasteiger partial charge in [0.25, 0.3) is 5.70 Å². The smallest absolute Gasteiger partial charge is 0.270 e. The van der Waals surface area contributed by atoms with Crippen LogP contribution in [-0.4, -0.2) is 5.78 Å². The Kier molecular flexibility index (Phi) is 2.75. The Morgan fingerprint density at radius 1 is 1.45 bits per heavy atom. The van der Waals surface area contributed by atoms with E-state index in [1.54, 1.807) is 24.3 Å². The van der Waals surface area contributed by atoms with Crippen LogP contribution in [0.4, 0.5) is 0 Å². The second-order valence-electron chi connectivity index (χ2n) is 4.33. The fourth-order valence-electron chi connectivity index (χ4n) is 2.48. The van der Waals surface area contributed by atoms with Crippen LogP contribution in [0.25, 0.3) is 20.5 Å². The summed E-state index contributed by atoms with van der Waals surface area (Å²) >= 11 is 1.57. The van der Waals surface area contributed by atoms with Gasteiger partial charge in [-0.25, -0.2) is 10.1 Å². The molecule has 0 saturated heterocycles. The van der Waals surface area contributed by atoms with Crippen LogP contribution < -0.4 is 0 Å². The van der Waals surface area contributed by atoms with E-state index in [9.17, 15) is 4.79 Å². The molecule has 0 fully saturated rings. The quantitative estimate of drug-likeness (QED) is 0.411. The Bertz CT molecular complexity index is 885. The topological polar surface area (TPSA) is 45.2 Å². The van der Waals surface area contributed by atoms with Crippen molar-refractivity contribution in [1.82, 2.24) is 0 Å². The van der Waals surface area contributed by atoms with E-state index in [-0.39, 0.29) is 11.5 Å². The van der Waals surface area contributed by atoms with Gasteiger partial charge in [0.1, 0.15) is 0 Å². The van der Waals surface area contributed by atoms with Crippen molar-refractivity contribution < 1.29 is 4.79 Å². The van der Waals surface area contributed by atoms with Crippen LogP contribution >= 0.6 is 11.3 Å². The summed E-state index contributed by atoms with van der Waals surface area (Å²) in [5, 5.41) is 12.1. The van der Waals surface area contributed by atoms with Crippen molar-refractivity contribution in [3.05, 3.63) is 63.5 Å². The van der Waals surface area contributed by atoms with E-state index in [4.69, 9.17) is 11.8 Å². The van der Waals surface area contributed by atoms with Crippen molar-refractivity contribution in [3.8, 4) is 6.07 Å². The number of fused-ring (bicyclic) bond motifs is 2. The summed E-state index contributed by atoms with van der Waals surface area (Å²) < 4.78 is 1.04. The first-order chi connectivity index (χ1) is 9.71. The molecular formula is C16H8N2OS. The Labute approximate surface area is 119 Å². The van der Waals surface area contributed by atoms with Gasteiger partial charge in [0.2, 0.25) is 0 Å². The van der Waals surface area contributed by atoms with Crippen molar-refractivity contribution in [2.45, 2.75) is 6.92 Å². The first kappa shape index (κ1) is 12.3. The van der Waals surface area contributed by atoms with Crippen LogP contribution in [-0.2, 0) is 0 Å². The lowest BCUT2D eigenvalue weighted by Crippen LogP contribution is -1.94. The monoisotopic (exact) mass is 276 g/mol. The van der Waals surface area contributed by atoms with Gasteiger partial charge in [-0.2, -0.15) is 0 Å². The molecule has 0 spiro atoms. The zero-order valence-corrected chi connectivity index (χ0v) is 11.4. The van der Waals surface area contributed by atoms with Crippen LogP contribution in [0.3, 0.4) is 0 Å². The zero-order valence-electron chi connectivity index (χ0n) is 10.6. The van der Waals surface area contributed by atoms with Gasteiger partial charge in [-0.1, -0.05) is 6.08 Å². The van der Waals surface area contributed by atoms with Crippen molar-refractivity contribution in [2.24, 2.45) is 0 Å². The van der Waals surface area contributed by atoms with E-state index < -0.39 is 0 Å². The predicted molar refractivity (Wildman–Crippen MR) is 79.0 cm³/mol. The summed E-state index contributed by atoms with van der Waals surface area (Å²) in [6.07, 6.45) is 1.67. The minimum atomic E-state index is -0.107. The molecule has 2 aromatic rings. The second-order valence-corrected chi connectivity index (χ2v) is 5.28. The maximum atomic E-state index is 12.4. The number of hydrogen-bond donors (Lipinski definition) is 0. The lowest BCUT2D eigenvalue weighted by molar-refractivity contribution is 0.104. The van der Waals surface area contributed by atoms with Crippen LogP contribution in [0.2, 0.25) is 0 Å². The van der Waals surface area contributed by atoms with Gasteiger partial charge >= 0.3 is 0 Å². The van der Waals surface area contributed by atoms with Gasteiger partial charge in [-0.15, -0.1) is 11.3 Å². The van der Waals surface area contributed by atoms with E-state index in [0.29, 0.717) is 22.3 Å². The molecular weight excluding hydrogens is 268 g/mol. The molecule has 1 heterocycles. The number of benzene rings is 1. The number of rotatable bonds is 0. The largest absolute Gasteiger partial charge is 0.289 e. The second kappa shape index (κ2) is 4.45. The highest BCUT2D eigenvalue weighted by Crippen LogP contribution is 2.41. The first-order valence-electron chi connectivity index (χ1n) is 5.96. The van der Waals surface area contributed by atoms with Crippen LogP contribution in [0, 0.1) is 17.9 Å². The molecule has 4 heteroatoms. The minimum Gasteiger partial charge on any atom is -0.289 e. The average Bonchev–Trinajstić information content (AvgIpc) is 3.02. The number of carbonyl (C=O) groups excluding carboxylic acids is 1. The number of hydrogen-bond acceptors (Lipinski definition) is 3. The lowest BCUT2D eigenvalue weighted by Gasteiger charge is -2.01. The molecule has 0 bridgehead atoms. The third-order valence-electron chi connectivity index (χ3n) is 3.36. The Morgan fingerprint density at radius 3 is 2.90 bits per heavy atom. The molecule has 20 heavy (non-hydrogen) atoms. The molecule has 1 aliphatic rings. The van der Waals surface area contributed by atoms with Crippen molar-refractivity contribution in [3.63, 3.8) is 0 Å². The van der Waals surface area contributed by atoms with Gasteiger partial charge in [-0.05, 0) is 41.5 Å². The fourth-order valence-corrected chi connectivity index (χ4v) is 3.29. The number of allylic oxidation sites excluding steroid dienone is 4. The maximum absolute atomic E-state index is 12.4. The van der Waals surface area contributed by atoms with Gasteiger partial charge in [0.05, 0.1) is 12.6 Å². The molecule has 1 aromatic heterocycles. The summed E-state index contributed by atoms with van der Waals surface area (Å²) in [5.74, 6) is -0.107. The van der Waals surface area contributed by atoms with Gasteiger partial charge in [0.15, 0.2) is 5.78 Å². The van der Waals surface area contributed by atoms with E-state index in [1.165, 1.54) is 0 Å². The van der Waals surface area contributed by atoms with Crippen molar-refractivity contribution in [1.29, 1.82) is 5.26 Å². The summed E-state index contributed by atoms with van der Waals surface area (Å²) in [5.41, 5.74) is 2.17. The molecule has 1 aliphatic carbocycles. The number of Topliss-reactive ketones (excluding diaryl/α,β-unsaturated/α-hetero) is 1. The summed E-state index contributed by atoms with van der Waals surface area (Å²) in [6, 6.07) is 7.62. The zero-order chi connectivity index (χ0) is 14.3. The minimum absolute atomic E-state index is 0.0280. The third kappa shape index (κ3) is 1.53. The SMILES string of the molecule is [C-]#[N+]/C(C#N)=C1\C(=C\C)C(=O)c2cc3sccc3cc21. The molecule has 3 rings (SSSR count). The summed E-state index contributed by atoms with van der Waals surface area (Å²) in [6.45, 7) is 8.89. The number of nitrogens with zero attached hydrogens (tertiary/aromatic N) is 2. The molecule has 0 radical (unpaired) electrons. The molecule has 3 nitrogen and oxygen atoms in total. The highest BCUT2D eigenvalue weighted by molar-refractivity contribution is 7.17. The van der Waals surface area contributed by atoms with Crippen molar-refractivity contribution >= 4 is 32.8 Å². The normalized spacial score (nSPS) is 17.9. The number of nitriles is 1. The first-order valence-corrected chi connectivity index (χ1v) is 6.84. The Balaban J connectivity index is 2.45. The molecule has 0 saturated carbocycles.